The Morgan fingerprint density at radius 3 is 1.75 bits per heavy atom. The number of carbonyl (C=O) groups is 1. The van der Waals surface area contributed by atoms with Crippen LogP contribution in [-0.4, -0.2) is 23.7 Å². The minimum absolute atomic E-state index is 0.114. The van der Waals surface area contributed by atoms with Gasteiger partial charge < -0.3 is 15.7 Å². The summed E-state index contributed by atoms with van der Waals surface area (Å²) in [4.78, 5) is 11.8. The monoisotopic (exact) mass is 596 g/mol. The first kappa shape index (κ1) is 31.4. The van der Waals surface area contributed by atoms with Crippen molar-refractivity contribution in [3.63, 3.8) is 0 Å². The van der Waals surface area contributed by atoms with Gasteiger partial charge in [-0.25, -0.2) is 0 Å². The molecule has 3 N–H and O–H groups in total. The summed E-state index contributed by atoms with van der Waals surface area (Å²) in [6, 6.07) is 0.929. The van der Waals surface area contributed by atoms with Crippen molar-refractivity contribution in [1.29, 1.82) is 0 Å². The molecule has 222 valence electrons. The number of anilines is 1. The second-order valence-electron chi connectivity index (χ2n) is 9.30. The van der Waals surface area contributed by atoms with E-state index in [-0.39, 0.29) is 24.5 Å². The number of hydrogen-bond acceptors (Lipinski definition) is 3. The largest absolute Gasteiger partial charge is 0.423 e. The quantitative estimate of drug-likeness (QED) is 0.287. The average Bonchev–Trinajstić information content (AvgIpc) is 3.62. The number of amides is 1. The zero-order chi connectivity index (χ0) is 30.3. The van der Waals surface area contributed by atoms with Crippen molar-refractivity contribution >= 4 is 11.6 Å². The maximum atomic E-state index is 13.9. The standard InChI is InChI=1S/C24H20F12N2O2/c25-21(26,27)15-6-14(7-16(8-15)22(28,29)30)20(40,24(34,35)36)11-38-17-4-3-13(18(9-17)23(31,32)33)10-37-19(39)5-12-1-2-12/h3-4,6-9,12,38,40H,1-2,5,10-11H2,(H,37,39)/t20-/m1/s1. The van der Waals surface area contributed by atoms with E-state index in [1.807, 2.05) is 5.32 Å². The highest BCUT2D eigenvalue weighted by Crippen LogP contribution is 2.44. The number of carbonyl (C=O) groups excluding carboxylic acids is 1. The molecule has 0 radical (unpaired) electrons. The van der Waals surface area contributed by atoms with E-state index in [0.29, 0.717) is 6.07 Å². The van der Waals surface area contributed by atoms with Crippen LogP contribution in [0, 0.1) is 5.92 Å². The van der Waals surface area contributed by atoms with Crippen LogP contribution in [0.1, 0.15) is 47.1 Å². The molecule has 0 heterocycles. The van der Waals surface area contributed by atoms with Gasteiger partial charge in [0.1, 0.15) is 0 Å². The summed E-state index contributed by atoms with van der Waals surface area (Å²) in [5.74, 6) is -0.363. The number of hydrogen-bond donors (Lipinski definition) is 3. The van der Waals surface area contributed by atoms with Crippen LogP contribution < -0.4 is 10.6 Å². The van der Waals surface area contributed by atoms with Gasteiger partial charge in [-0.1, -0.05) is 6.07 Å². The van der Waals surface area contributed by atoms with E-state index >= 15 is 0 Å². The van der Waals surface area contributed by atoms with Gasteiger partial charge in [0.15, 0.2) is 0 Å². The lowest BCUT2D eigenvalue weighted by Crippen LogP contribution is -2.48. The summed E-state index contributed by atoms with van der Waals surface area (Å²) in [5.41, 5.74) is -13.0. The van der Waals surface area contributed by atoms with Gasteiger partial charge in [0, 0.05) is 18.7 Å². The number of rotatable bonds is 8. The lowest BCUT2D eigenvalue weighted by molar-refractivity contribution is -0.261. The Morgan fingerprint density at radius 2 is 1.30 bits per heavy atom. The van der Waals surface area contributed by atoms with Crippen molar-refractivity contribution in [3.8, 4) is 0 Å². The van der Waals surface area contributed by atoms with Gasteiger partial charge >= 0.3 is 24.7 Å². The number of alkyl halides is 12. The summed E-state index contributed by atoms with van der Waals surface area (Å²) in [7, 11) is 0. The second-order valence-corrected chi connectivity index (χ2v) is 9.30. The zero-order valence-electron chi connectivity index (χ0n) is 20.0. The summed E-state index contributed by atoms with van der Waals surface area (Å²) in [6.45, 7) is -2.42. The second kappa shape index (κ2) is 10.7. The average molecular weight is 596 g/mol. The van der Waals surface area contributed by atoms with Crippen LogP contribution >= 0.6 is 0 Å². The molecule has 0 aromatic heterocycles. The molecule has 40 heavy (non-hydrogen) atoms. The van der Waals surface area contributed by atoms with Gasteiger partial charge in [0.25, 0.3) is 0 Å². The maximum Gasteiger partial charge on any atom is 0.423 e. The molecule has 0 unspecified atom stereocenters. The fourth-order valence-electron chi connectivity index (χ4n) is 3.74. The van der Waals surface area contributed by atoms with Gasteiger partial charge in [-0.3, -0.25) is 4.79 Å². The Bertz CT molecular complexity index is 1200. The minimum Gasteiger partial charge on any atom is -0.381 e. The molecule has 3 rings (SSSR count). The summed E-state index contributed by atoms with van der Waals surface area (Å²) < 4.78 is 162. The molecule has 16 heteroatoms. The number of nitrogens with one attached hydrogen (secondary N) is 2. The Kier molecular flexibility index (Phi) is 8.36. The topological polar surface area (TPSA) is 61.4 Å². The molecule has 4 nitrogen and oxygen atoms in total. The highest BCUT2D eigenvalue weighted by molar-refractivity contribution is 5.76. The lowest BCUT2D eigenvalue weighted by Gasteiger charge is -2.32. The fourth-order valence-corrected chi connectivity index (χ4v) is 3.74. The first-order chi connectivity index (χ1) is 18.1. The van der Waals surface area contributed by atoms with Gasteiger partial charge in [-0.15, -0.1) is 0 Å². The lowest BCUT2D eigenvalue weighted by atomic mass is 9.89. The minimum atomic E-state index is -5.87. The van der Waals surface area contributed by atoms with E-state index in [0.717, 1.165) is 25.0 Å². The van der Waals surface area contributed by atoms with Gasteiger partial charge in [-0.05, 0) is 60.2 Å². The van der Waals surface area contributed by atoms with E-state index in [9.17, 15) is 62.6 Å². The third kappa shape index (κ3) is 7.52. The van der Waals surface area contributed by atoms with Crippen molar-refractivity contribution < 1.29 is 62.6 Å². The normalized spacial score (nSPS) is 16.4. The molecule has 0 aliphatic heterocycles. The van der Waals surface area contributed by atoms with Crippen LogP contribution in [-0.2, 0) is 35.5 Å². The van der Waals surface area contributed by atoms with Crippen LogP contribution in [0.3, 0.4) is 0 Å². The molecule has 0 saturated heterocycles. The predicted molar refractivity (Wildman–Crippen MR) is 116 cm³/mol. The number of benzene rings is 2. The maximum absolute atomic E-state index is 13.9. The molecular weight excluding hydrogens is 576 g/mol. The summed E-state index contributed by atoms with van der Waals surface area (Å²) >= 11 is 0. The smallest absolute Gasteiger partial charge is 0.381 e. The molecular formula is C24H20F12N2O2. The summed E-state index contributed by atoms with van der Waals surface area (Å²) in [6.07, 6.45) is -20.2. The molecule has 1 aliphatic carbocycles. The zero-order valence-corrected chi connectivity index (χ0v) is 20.0. The molecule has 0 spiro atoms. The third-order valence-corrected chi connectivity index (χ3v) is 6.14. The molecule has 1 fully saturated rings. The fraction of sp³-hybridized carbons (Fsp3) is 0.458. The van der Waals surface area contributed by atoms with E-state index < -0.39 is 88.9 Å². The molecule has 0 bridgehead atoms. The molecule has 2 aromatic rings. The van der Waals surface area contributed by atoms with Crippen molar-refractivity contribution in [2.75, 3.05) is 11.9 Å². The van der Waals surface area contributed by atoms with E-state index in [1.165, 1.54) is 0 Å². The van der Waals surface area contributed by atoms with Gasteiger partial charge in [-0.2, -0.15) is 52.7 Å². The van der Waals surface area contributed by atoms with E-state index in [4.69, 9.17) is 0 Å². The molecule has 1 saturated carbocycles. The van der Waals surface area contributed by atoms with Crippen LogP contribution in [0.2, 0.25) is 0 Å². The van der Waals surface area contributed by atoms with Crippen LogP contribution in [0.15, 0.2) is 36.4 Å². The van der Waals surface area contributed by atoms with E-state index in [1.54, 1.807) is 0 Å². The van der Waals surface area contributed by atoms with Crippen molar-refractivity contribution in [1.82, 2.24) is 5.32 Å². The Balaban J connectivity index is 1.94. The van der Waals surface area contributed by atoms with Crippen LogP contribution in [0.25, 0.3) is 0 Å². The molecule has 1 aliphatic rings. The molecule has 1 atom stereocenters. The van der Waals surface area contributed by atoms with Crippen LogP contribution in [0.5, 0.6) is 0 Å². The summed E-state index contributed by atoms with van der Waals surface area (Å²) in [5, 5.41) is 14.5. The number of halogens is 12. The van der Waals surface area contributed by atoms with Crippen molar-refractivity contribution in [2.45, 2.75) is 56.1 Å². The van der Waals surface area contributed by atoms with Crippen molar-refractivity contribution in [3.05, 3.63) is 64.2 Å². The Hall–Kier alpha value is -3.17. The Labute approximate surface area is 218 Å². The van der Waals surface area contributed by atoms with Crippen molar-refractivity contribution in [2.24, 2.45) is 5.92 Å². The van der Waals surface area contributed by atoms with E-state index in [2.05, 4.69) is 5.32 Å². The third-order valence-electron chi connectivity index (χ3n) is 6.14. The first-order valence-corrected chi connectivity index (χ1v) is 11.4. The van der Waals surface area contributed by atoms with Gasteiger partial charge in [0.2, 0.25) is 11.5 Å². The molecule has 1 amide bonds. The predicted octanol–water partition coefficient (Wildman–Crippen LogP) is 7.02. The van der Waals surface area contributed by atoms with Gasteiger partial charge in [0.05, 0.1) is 23.2 Å². The highest BCUT2D eigenvalue weighted by atomic mass is 19.4. The van der Waals surface area contributed by atoms with Crippen LogP contribution in [0.4, 0.5) is 58.4 Å². The first-order valence-electron chi connectivity index (χ1n) is 11.4. The Morgan fingerprint density at radius 1 is 0.775 bits per heavy atom. The SMILES string of the molecule is O=C(CC1CC1)NCc1ccc(NC[C@@](O)(c2cc(C(F)(F)F)cc(C(F)(F)F)c2)C(F)(F)F)cc1C(F)(F)F. The molecule has 2 aromatic carbocycles. The highest BCUT2D eigenvalue weighted by Gasteiger charge is 2.56. The number of aliphatic hydroxyl groups is 1.